The Balaban J connectivity index is 1.87. The van der Waals surface area contributed by atoms with Gasteiger partial charge in [-0.3, -0.25) is 0 Å². The van der Waals surface area contributed by atoms with E-state index in [2.05, 4.69) is 39.8 Å². The molecule has 3 rings (SSSR count). The normalized spacial score (nSPS) is 31.6. The van der Waals surface area contributed by atoms with Gasteiger partial charge in [0.1, 0.15) is 18.3 Å². The van der Waals surface area contributed by atoms with Crippen LogP contribution in [-0.4, -0.2) is 51.6 Å². The number of phenols is 1. The molecule has 0 aromatic heterocycles. The van der Waals surface area contributed by atoms with Gasteiger partial charge in [0.05, 0.1) is 6.61 Å². The number of ether oxygens (including phenoxy) is 2. The molecule has 0 radical (unpaired) electrons. The lowest BCUT2D eigenvalue weighted by Gasteiger charge is -2.37. The van der Waals surface area contributed by atoms with E-state index in [0.717, 1.165) is 36.8 Å². The highest BCUT2D eigenvalue weighted by Gasteiger charge is 2.40. The van der Waals surface area contributed by atoms with Gasteiger partial charge in [-0.15, -0.1) is 0 Å². The monoisotopic (exact) mass is 434 g/mol. The van der Waals surface area contributed by atoms with Gasteiger partial charge in [0.2, 0.25) is 6.29 Å². The van der Waals surface area contributed by atoms with Gasteiger partial charge in [0.15, 0.2) is 11.5 Å². The van der Waals surface area contributed by atoms with Crippen molar-refractivity contribution < 1.29 is 29.9 Å². The first-order valence-electron chi connectivity index (χ1n) is 11.4. The molecule has 1 fully saturated rings. The maximum atomic E-state index is 11.2. The van der Waals surface area contributed by atoms with E-state index in [-0.39, 0.29) is 24.0 Å². The van der Waals surface area contributed by atoms with Crippen LogP contribution in [-0.2, 0) is 4.74 Å². The number of hydrogen-bond donors (Lipinski definition) is 4. The third-order valence-electron chi connectivity index (χ3n) is 6.86. The van der Waals surface area contributed by atoms with Gasteiger partial charge in [0, 0.05) is 5.56 Å². The first-order valence-corrected chi connectivity index (χ1v) is 11.4. The molecular formula is C25H38O6. The molecule has 0 unspecified atom stereocenters. The van der Waals surface area contributed by atoms with Crippen molar-refractivity contribution >= 4 is 0 Å². The van der Waals surface area contributed by atoms with Crippen LogP contribution in [0.4, 0.5) is 0 Å². The van der Waals surface area contributed by atoms with Crippen LogP contribution in [0, 0.1) is 12.8 Å². The molecule has 174 valence electrons. The zero-order valence-electron chi connectivity index (χ0n) is 19.3. The topological polar surface area (TPSA) is 99.4 Å². The second-order valence-electron chi connectivity index (χ2n) is 9.66. The van der Waals surface area contributed by atoms with E-state index in [0.29, 0.717) is 11.8 Å². The molecule has 1 aliphatic carbocycles. The van der Waals surface area contributed by atoms with E-state index in [1.165, 1.54) is 11.1 Å². The summed E-state index contributed by atoms with van der Waals surface area (Å²) in [7, 11) is 0. The average molecular weight is 435 g/mol. The number of aliphatic hydroxyl groups excluding tert-OH is 3. The lowest BCUT2D eigenvalue weighted by Crippen LogP contribution is -2.54. The predicted molar refractivity (Wildman–Crippen MR) is 119 cm³/mol. The van der Waals surface area contributed by atoms with Crippen molar-refractivity contribution in [2.45, 2.75) is 96.7 Å². The fourth-order valence-electron chi connectivity index (χ4n) is 4.95. The number of hydrogen-bond acceptors (Lipinski definition) is 6. The summed E-state index contributed by atoms with van der Waals surface area (Å²) in [5, 5.41) is 41.0. The number of rotatable bonds is 6. The predicted octanol–water partition coefficient (Wildman–Crippen LogP) is 3.88. The quantitative estimate of drug-likeness (QED) is 0.507. The van der Waals surface area contributed by atoms with Crippen LogP contribution in [0.2, 0.25) is 0 Å². The first-order chi connectivity index (χ1) is 14.6. The molecule has 2 aliphatic rings. The highest BCUT2D eigenvalue weighted by molar-refractivity contribution is 5.57. The molecule has 1 aromatic rings. The molecule has 0 bridgehead atoms. The van der Waals surface area contributed by atoms with Crippen LogP contribution in [0.15, 0.2) is 17.7 Å². The Morgan fingerprint density at radius 1 is 1.23 bits per heavy atom. The molecule has 0 amide bonds. The number of aryl methyl sites for hydroxylation is 1. The molecule has 6 nitrogen and oxygen atoms in total. The van der Waals surface area contributed by atoms with E-state index < -0.39 is 24.6 Å². The standard InChI is InChI=1S/C25H38O6/c1-13(2)7-6-8-14(3)17-10-9-15(4)20-18(17)11-16(5)24(22(20)28)31-25-23(29)21(27)19(26)12-30-25/h7,11,14-15,17,19,21,23,25-29H,6,8-10,12H2,1-5H3/t14-,15-,17+,19-,21+,23-,25+/m0/s1. The highest BCUT2D eigenvalue weighted by Crippen LogP contribution is 2.51. The lowest BCUT2D eigenvalue weighted by atomic mass is 9.70. The molecule has 0 saturated carbocycles. The first kappa shape index (κ1) is 24.1. The zero-order valence-corrected chi connectivity index (χ0v) is 19.3. The van der Waals surface area contributed by atoms with Gasteiger partial charge in [-0.05, 0) is 75.3 Å². The third-order valence-corrected chi connectivity index (χ3v) is 6.86. The van der Waals surface area contributed by atoms with E-state index >= 15 is 0 Å². The van der Waals surface area contributed by atoms with Crippen LogP contribution >= 0.6 is 0 Å². The summed E-state index contributed by atoms with van der Waals surface area (Å²) >= 11 is 0. The molecule has 6 heteroatoms. The highest BCUT2D eigenvalue weighted by atomic mass is 16.7. The molecular weight excluding hydrogens is 396 g/mol. The molecule has 31 heavy (non-hydrogen) atoms. The molecule has 1 aliphatic heterocycles. The Kier molecular flexibility index (Phi) is 7.68. The van der Waals surface area contributed by atoms with Gasteiger partial charge in [-0.1, -0.05) is 31.6 Å². The summed E-state index contributed by atoms with van der Waals surface area (Å²) in [6.45, 7) is 10.4. The van der Waals surface area contributed by atoms with E-state index in [1.54, 1.807) is 0 Å². The fraction of sp³-hybridized carbons (Fsp3) is 0.680. The summed E-state index contributed by atoms with van der Waals surface area (Å²) in [6, 6.07) is 2.10. The van der Waals surface area contributed by atoms with E-state index in [1.807, 2.05) is 6.92 Å². The summed E-state index contributed by atoms with van der Waals surface area (Å²) in [4.78, 5) is 0. The van der Waals surface area contributed by atoms with Crippen LogP contribution in [0.1, 0.15) is 81.9 Å². The minimum Gasteiger partial charge on any atom is -0.504 e. The number of benzene rings is 1. The molecule has 7 atom stereocenters. The zero-order chi connectivity index (χ0) is 22.9. The van der Waals surface area contributed by atoms with Crippen molar-refractivity contribution in [3.63, 3.8) is 0 Å². The van der Waals surface area contributed by atoms with Gasteiger partial charge >= 0.3 is 0 Å². The summed E-state index contributed by atoms with van der Waals surface area (Å²) in [6.07, 6.45) is 1.45. The fourth-order valence-corrected chi connectivity index (χ4v) is 4.95. The van der Waals surface area contributed by atoms with Crippen molar-refractivity contribution in [3.05, 3.63) is 34.4 Å². The smallest absolute Gasteiger partial charge is 0.229 e. The summed E-state index contributed by atoms with van der Waals surface area (Å²) in [5.41, 5.74) is 4.20. The largest absolute Gasteiger partial charge is 0.504 e. The maximum Gasteiger partial charge on any atom is 0.229 e. The number of fused-ring (bicyclic) bond motifs is 1. The van der Waals surface area contributed by atoms with Crippen molar-refractivity contribution in [1.82, 2.24) is 0 Å². The Hall–Kier alpha value is -1.60. The van der Waals surface area contributed by atoms with Crippen LogP contribution in [0.25, 0.3) is 0 Å². The minimum absolute atomic E-state index is 0.0973. The lowest BCUT2D eigenvalue weighted by molar-refractivity contribution is -0.242. The Morgan fingerprint density at radius 2 is 1.94 bits per heavy atom. The maximum absolute atomic E-state index is 11.2. The molecule has 1 aromatic carbocycles. The Bertz CT molecular complexity index is 800. The number of aliphatic hydroxyl groups is 3. The Morgan fingerprint density at radius 3 is 2.61 bits per heavy atom. The van der Waals surface area contributed by atoms with Crippen LogP contribution in [0.5, 0.6) is 11.5 Å². The van der Waals surface area contributed by atoms with Crippen molar-refractivity contribution in [1.29, 1.82) is 0 Å². The van der Waals surface area contributed by atoms with E-state index in [4.69, 9.17) is 9.47 Å². The second kappa shape index (κ2) is 9.90. The van der Waals surface area contributed by atoms with Crippen molar-refractivity contribution in [2.24, 2.45) is 5.92 Å². The number of phenolic OH excluding ortho intramolecular Hbond substituents is 1. The van der Waals surface area contributed by atoms with Crippen LogP contribution in [0.3, 0.4) is 0 Å². The summed E-state index contributed by atoms with van der Waals surface area (Å²) < 4.78 is 11.2. The van der Waals surface area contributed by atoms with Gasteiger partial charge in [0.25, 0.3) is 0 Å². The molecule has 4 N–H and O–H groups in total. The molecule has 1 saturated heterocycles. The summed E-state index contributed by atoms with van der Waals surface area (Å²) in [5.74, 6) is 1.44. The third kappa shape index (κ3) is 5.08. The number of allylic oxidation sites excluding steroid dienone is 2. The van der Waals surface area contributed by atoms with Gasteiger partial charge < -0.3 is 29.9 Å². The molecule has 1 heterocycles. The van der Waals surface area contributed by atoms with Crippen LogP contribution < -0.4 is 4.74 Å². The van der Waals surface area contributed by atoms with Crippen molar-refractivity contribution in [3.8, 4) is 11.5 Å². The van der Waals surface area contributed by atoms with Crippen molar-refractivity contribution in [2.75, 3.05) is 6.61 Å². The Labute approximate surface area is 185 Å². The SMILES string of the molecule is CC(C)=CCC[C@H](C)[C@H]1CC[C@H](C)c2c1cc(C)c(O[C@H]1OC[C@H](O)[C@@H](O)[C@@H]1O)c2O. The number of aromatic hydroxyl groups is 1. The van der Waals surface area contributed by atoms with Gasteiger partial charge in [-0.2, -0.15) is 0 Å². The average Bonchev–Trinajstić information content (AvgIpc) is 2.70. The van der Waals surface area contributed by atoms with Gasteiger partial charge in [-0.25, -0.2) is 0 Å². The molecule has 0 spiro atoms. The second-order valence-corrected chi connectivity index (χ2v) is 9.66. The minimum atomic E-state index is -1.40. The van der Waals surface area contributed by atoms with E-state index in [9.17, 15) is 20.4 Å².